The summed E-state index contributed by atoms with van der Waals surface area (Å²) in [6, 6.07) is -0.913. The summed E-state index contributed by atoms with van der Waals surface area (Å²) >= 11 is 0. The topological polar surface area (TPSA) is 112 Å². The highest BCUT2D eigenvalue weighted by molar-refractivity contribution is 5.73. The van der Waals surface area contributed by atoms with Gasteiger partial charge in [-0.25, -0.2) is 0 Å². The Morgan fingerprint density at radius 2 is 2.21 bits per heavy atom. The smallest absolute Gasteiger partial charge is 0.320 e. The van der Waals surface area contributed by atoms with Gasteiger partial charge in [-0.1, -0.05) is 0 Å². The number of carbonyl (C=O) groups is 1. The van der Waals surface area contributed by atoms with Gasteiger partial charge in [0, 0.05) is 11.3 Å². The van der Waals surface area contributed by atoms with E-state index in [0.717, 1.165) is 5.69 Å². The van der Waals surface area contributed by atoms with Gasteiger partial charge in [-0.05, 0) is 19.8 Å². The number of carboxylic acids is 1. The second kappa shape index (κ2) is 4.10. The van der Waals surface area contributed by atoms with Crippen molar-refractivity contribution in [2.45, 2.75) is 25.8 Å². The molecule has 0 bridgehead atoms. The highest BCUT2D eigenvalue weighted by Gasteiger charge is 2.13. The van der Waals surface area contributed by atoms with E-state index < -0.39 is 12.0 Å². The number of hydrogen-bond donors (Lipinski definition) is 4. The Kier molecular flexibility index (Phi) is 3.08. The third-order valence-corrected chi connectivity index (χ3v) is 2.11. The fourth-order valence-electron chi connectivity index (χ4n) is 1.20. The number of aliphatic carboxylic acids is 1. The summed E-state index contributed by atoms with van der Waals surface area (Å²) in [5, 5.41) is 13.6. The first kappa shape index (κ1) is 10.5. The quantitative estimate of drug-likeness (QED) is 0.516. The molecule has 1 aromatic rings. The highest BCUT2D eigenvalue weighted by Crippen LogP contribution is 2.02. The molecule has 6 nitrogen and oxygen atoms in total. The summed E-state index contributed by atoms with van der Waals surface area (Å²) in [5.41, 5.74) is 6.40. The molecule has 0 saturated heterocycles. The summed E-state index contributed by atoms with van der Waals surface area (Å²) < 4.78 is 0. The van der Waals surface area contributed by atoms with Crippen LogP contribution >= 0.6 is 0 Å². The van der Waals surface area contributed by atoms with Crippen LogP contribution in [0.4, 0.5) is 0 Å². The van der Waals surface area contributed by atoms with Gasteiger partial charge in [-0.2, -0.15) is 0 Å². The summed E-state index contributed by atoms with van der Waals surface area (Å²) in [5.74, 6) is -1.05. The number of hydrogen-bond acceptors (Lipinski definition) is 3. The lowest BCUT2D eigenvalue weighted by Crippen LogP contribution is -2.31. The number of aryl methyl sites for hydroxylation is 1. The molecule has 0 amide bonds. The van der Waals surface area contributed by atoms with Crippen molar-refractivity contribution in [2.24, 2.45) is 5.73 Å². The van der Waals surface area contributed by atoms with Crippen LogP contribution in [0.5, 0.6) is 0 Å². The molecule has 0 saturated carbocycles. The molecule has 5 N–H and O–H groups in total. The van der Waals surface area contributed by atoms with Crippen LogP contribution in [0.2, 0.25) is 0 Å². The van der Waals surface area contributed by atoms with Crippen molar-refractivity contribution in [2.75, 3.05) is 0 Å². The number of aromatic amines is 2. The third kappa shape index (κ3) is 2.23. The van der Waals surface area contributed by atoms with Crippen LogP contribution in [0.1, 0.15) is 17.7 Å². The predicted molar refractivity (Wildman–Crippen MR) is 50.1 cm³/mol. The van der Waals surface area contributed by atoms with E-state index in [0.29, 0.717) is 12.0 Å². The van der Waals surface area contributed by atoms with Gasteiger partial charge < -0.3 is 15.9 Å². The van der Waals surface area contributed by atoms with Gasteiger partial charge in [-0.3, -0.25) is 14.7 Å². The van der Waals surface area contributed by atoms with Gasteiger partial charge in [0.05, 0.1) is 0 Å². The zero-order chi connectivity index (χ0) is 10.7. The predicted octanol–water partition coefficient (Wildman–Crippen LogP) is -0.644. The Morgan fingerprint density at radius 3 is 2.64 bits per heavy atom. The maximum Gasteiger partial charge on any atom is 0.320 e. The molecule has 78 valence electrons. The molecule has 1 heterocycles. The van der Waals surface area contributed by atoms with E-state index in [2.05, 4.69) is 10.2 Å². The largest absolute Gasteiger partial charge is 0.480 e. The number of nitrogens with two attached hydrogens (primary N) is 1. The molecule has 1 atom stereocenters. The Balaban J connectivity index is 2.62. The van der Waals surface area contributed by atoms with Crippen LogP contribution in [0.3, 0.4) is 0 Å². The first-order valence-electron chi connectivity index (χ1n) is 4.27. The van der Waals surface area contributed by atoms with Gasteiger partial charge in [-0.15, -0.1) is 0 Å². The van der Waals surface area contributed by atoms with Gasteiger partial charge in [0.2, 0.25) is 0 Å². The zero-order valence-corrected chi connectivity index (χ0v) is 7.83. The third-order valence-electron chi connectivity index (χ3n) is 2.11. The molecule has 0 aliphatic rings. The molecule has 0 fully saturated rings. The SMILES string of the molecule is Cc1[nH][nH]c(=O)c1CCC(N)C(=O)O. The van der Waals surface area contributed by atoms with Crippen molar-refractivity contribution in [3.63, 3.8) is 0 Å². The van der Waals surface area contributed by atoms with Gasteiger partial charge in [0.25, 0.3) is 5.56 Å². The van der Waals surface area contributed by atoms with Crippen LogP contribution in [0.15, 0.2) is 4.79 Å². The maximum atomic E-state index is 11.1. The molecular formula is C8H13N3O3. The first-order valence-corrected chi connectivity index (χ1v) is 4.27. The summed E-state index contributed by atoms with van der Waals surface area (Å²) in [6.07, 6.45) is 0.634. The lowest BCUT2D eigenvalue weighted by atomic mass is 10.1. The van der Waals surface area contributed by atoms with E-state index in [1.54, 1.807) is 6.92 Å². The molecule has 0 radical (unpaired) electrons. The van der Waals surface area contributed by atoms with Gasteiger partial charge in [0.1, 0.15) is 6.04 Å². The molecule has 6 heteroatoms. The van der Waals surface area contributed by atoms with Crippen molar-refractivity contribution in [1.82, 2.24) is 10.2 Å². The van der Waals surface area contributed by atoms with E-state index in [1.165, 1.54) is 0 Å². The van der Waals surface area contributed by atoms with Crippen LogP contribution in [-0.2, 0) is 11.2 Å². The van der Waals surface area contributed by atoms with Gasteiger partial charge in [0.15, 0.2) is 0 Å². The molecule has 0 aromatic carbocycles. The van der Waals surface area contributed by atoms with E-state index >= 15 is 0 Å². The molecule has 0 aliphatic carbocycles. The summed E-state index contributed by atoms with van der Waals surface area (Å²) in [7, 11) is 0. The fraction of sp³-hybridized carbons (Fsp3) is 0.500. The summed E-state index contributed by atoms with van der Waals surface area (Å²) in [6.45, 7) is 1.75. The van der Waals surface area contributed by atoms with E-state index in [4.69, 9.17) is 10.8 Å². The number of carboxylic acid groups (broad SMARTS) is 1. The fourth-order valence-corrected chi connectivity index (χ4v) is 1.20. The second-order valence-electron chi connectivity index (χ2n) is 3.17. The Hall–Kier alpha value is -1.56. The molecule has 14 heavy (non-hydrogen) atoms. The average Bonchev–Trinajstić information content (AvgIpc) is 2.43. The average molecular weight is 199 g/mol. The summed E-state index contributed by atoms with van der Waals surface area (Å²) in [4.78, 5) is 21.6. The van der Waals surface area contributed by atoms with Crippen molar-refractivity contribution in [3.8, 4) is 0 Å². The normalized spacial score (nSPS) is 12.7. The van der Waals surface area contributed by atoms with Crippen LogP contribution in [0.25, 0.3) is 0 Å². The monoisotopic (exact) mass is 199 g/mol. The van der Waals surface area contributed by atoms with Crippen molar-refractivity contribution in [1.29, 1.82) is 0 Å². The Morgan fingerprint density at radius 1 is 1.57 bits per heavy atom. The molecule has 0 spiro atoms. The molecule has 1 rings (SSSR count). The number of aromatic nitrogens is 2. The highest BCUT2D eigenvalue weighted by atomic mass is 16.4. The van der Waals surface area contributed by atoms with Crippen LogP contribution < -0.4 is 11.3 Å². The molecule has 1 aromatic heterocycles. The van der Waals surface area contributed by atoms with Crippen molar-refractivity contribution >= 4 is 5.97 Å². The van der Waals surface area contributed by atoms with Crippen LogP contribution in [-0.4, -0.2) is 27.3 Å². The van der Waals surface area contributed by atoms with E-state index in [-0.39, 0.29) is 12.0 Å². The molecular weight excluding hydrogens is 186 g/mol. The van der Waals surface area contributed by atoms with E-state index in [1.807, 2.05) is 0 Å². The Labute approximate surface area is 80.1 Å². The number of H-pyrrole nitrogens is 2. The minimum atomic E-state index is -1.05. The Bertz CT molecular complexity index is 379. The van der Waals surface area contributed by atoms with Crippen LogP contribution in [0, 0.1) is 6.92 Å². The standard InChI is InChI=1S/C8H13N3O3/c1-4-5(7(12)11-10-4)2-3-6(9)8(13)14/h6H,2-3,9H2,1H3,(H,13,14)(H2,10,11,12). The molecule has 1 unspecified atom stereocenters. The maximum absolute atomic E-state index is 11.1. The number of nitrogens with one attached hydrogen (secondary N) is 2. The minimum absolute atomic E-state index is 0.208. The molecule has 0 aliphatic heterocycles. The van der Waals surface area contributed by atoms with E-state index in [9.17, 15) is 9.59 Å². The minimum Gasteiger partial charge on any atom is -0.480 e. The first-order chi connectivity index (χ1) is 6.52. The van der Waals surface area contributed by atoms with Crippen molar-refractivity contribution in [3.05, 3.63) is 21.6 Å². The van der Waals surface area contributed by atoms with Gasteiger partial charge >= 0.3 is 5.97 Å². The number of rotatable bonds is 4. The zero-order valence-electron chi connectivity index (χ0n) is 7.83. The van der Waals surface area contributed by atoms with Crippen molar-refractivity contribution < 1.29 is 9.90 Å². The lowest BCUT2D eigenvalue weighted by Gasteiger charge is -2.04. The lowest BCUT2D eigenvalue weighted by molar-refractivity contribution is -0.138. The second-order valence-corrected chi connectivity index (χ2v) is 3.17.